The van der Waals surface area contributed by atoms with Gasteiger partial charge in [0.25, 0.3) is 5.91 Å². The lowest BCUT2D eigenvalue weighted by Gasteiger charge is -2.32. The van der Waals surface area contributed by atoms with Gasteiger partial charge in [-0.05, 0) is 36.2 Å². The van der Waals surface area contributed by atoms with Gasteiger partial charge in [0.1, 0.15) is 5.82 Å². The number of benzene rings is 1. The molecule has 8 heteroatoms. The number of nitrogens with one attached hydrogen (secondary N) is 1. The van der Waals surface area contributed by atoms with Crippen LogP contribution in [0.3, 0.4) is 0 Å². The van der Waals surface area contributed by atoms with Crippen molar-refractivity contribution in [2.24, 2.45) is 0 Å². The number of halogens is 1. The van der Waals surface area contributed by atoms with E-state index >= 15 is 0 Å². The van der Waals surface area contributed by atoms with E-state index in [9.17, 15) is 9.59 Å². The summed E-state index contributed by atoms with van der Waals surface area (Å²) in [5.74, 6) is 0.461. The number of anilines is 1. The fourth-order valence-electron chi connectivity index (χ4n) is 2.76. The Kier molecular flexibility index (Phi) is 6.01. The lowest BCUT2D eigenvalue weighted by Crippen LogP contribution is -2.48. The van der Waals surface area contributed by atoms with Crippen LogP contribution < -0.4 is 5.32 Å². The lowest BCUT2D eigenvalue weighted by atomic mass is 10.1. The van der Waals surface area contributed by atoms with Crippen LogP contribution in [0.5, 0.6) is 0 Å². The molecule has 0 atom stereocenters. The van der Waals surface area contributed by atoms with E-state index in [0.717, 1.165) is 23.4 Å². The average molecular weight is 374 g/mol. The maximum Gasteiger partial charge on any atom is 0.274 e. The Bertz CT molecular complexity index is 760. The largest absolute Gasteiger partial charge is 0.368 e. The van der Waals surface area contributed by atoms with E-state index in [1.54, 1.807) is 21.9 Å². The molecule has 7 nitrogen and oxygen atoms in total. The van der Waals surface area contributed by atoms with Crippen molar-refractivity contribution in [3.63, 3.8) is 0 Å². The lowest BCUT2D eigenvalue weighted by molar-refractivity contribution is -0.119. The van der Waals surface area contributed by atoms with Crippen LogP contribution in [0.2, 0.25) is 5.02 Å². The van der Waals surface area contributed by atoms with Crippen LogP contribution in [0.15, 0.2) is 36.4 Å². The normalized spacial score (nSPS) is 14.2. The summed E-state index contributed by atoms with van der Waals surface area (Å²) in [6.07, 6.45) is 1.62. The van der Waals surface area contributed by atoms with Gasteiger partial charge in [-0.15, -0.1) is 10.2 Å². The van der Waals surface area contributed by atoms with Crippen molar-refractivity contribution in [1.29, 1.82) is 0 Å². The molecule has 136 valence electrons. The third-order valence-corrected chi connectivity index (χ3v) is 4.48. The number of hydrogen-bond donors (Lipinski definition) is 1. The maximum absolute atomic E-state index is 12.4. The molecule has 1 saturated heterocycles. The Morgan fingerprint density at radius 2 is 1.96 bits per heavy atom. The zero-order valence-corrected chi connectivity index (χ0v) is 15.0. The number of nitrogens with zero attached hydrogens (tertiary/aromatic N) is 4. The summed E-state index contributed by atoms with van der Waals surface area (Å²) in [5, 5.41) is 12.0. The molecule has 2 amide bonds. The second kappa shape index (κ2) is 8.62. The van der Waals surface area contributed by atoms with Crippen molar-refractivity contribution < 1.29 is 9.59 Å². The first kappa shape index (κ1) is 18.1. The molecule has 1 N–H and O–H groups in total. The van der Waals surface area contributed by atoms with Gasteiger partial charge < -0.3 is 15.1 Å². The third-order valence-electron chi connectivity index (χ3n) is 4.24. The molecule has 0 bridgehead atoms. The number of aromatic nitrogens is 2. The zero-order valence-electron chi connectivity index (χ0n) is 14.3. The highest BCUT2D eigenvalue weighted by Crippen LogP contribution is 2.12. The van der Waals surface area contributed by atoms with Gasteiger partial charge in [0.05, 0.1) is 0 Å². The first-order chi connectivity index (χ1) is 12.7. The number of carbonyl (C=O) groups is 2. The van der Waals surface area contributed by atoms with Crippen LogP contribution in [-0.4, -0.2) is 65.0 Å². The van der Waals surface area contributed by atoms with E-state index in [0.29, 0.717) is 44.2 Å². The van der Waals surface area contributed by atoms with E-state index in [-0.39, 0.29) is 5.91 Å². The first-order valence-corrected chi connectivity index (χ1v) is 8.84. The predicted molar refractivity (Wildman–Crippen MR) is 99.2 cm³/mol. The number of rotatable bonds is 6. The summed E-state index contributed by atoms with van der Waals surface area (Å²) in [4.78, 5) is 26.5. The van der Waals surface area contributed by atoms with Crippen molar-refractivity contribution in [3.8, 4) is 0 Å². The van der Waals surface area contributed by atoms with Crippen molar-refractivity contribution in [2.45, 2.75) is 6.42 Å². The van der Waals surface area contributed by atoms with Crippen LogP contribution in [-0.2, 0) is 11.2 Å². The highest BCUT2D eigenvalue weighted by atomic mass is 35.5. The Labute approximate surface area is 157 Å². The summed E-state index contributed by atoms with van der Waals surface area (Å²) in [6.45, 7) is 2.81. The molecule has 1 aromatic carbocycles. The first-order valence-electron chi connectivity index (χ1n) is 8.46. The Balaban J connectivity index is 1.50. The topological polar surface area (TPSA) is 78.4 Å². The number of amides is 2. The fraction of sp³-hybridized carbons (Fsp3) is 0.333. The van der Waals surface area contributed by atoms with E-state index in [1.807, 2.05) is 24.3 Å². The molecule has 0 unspecified atom stereocenters. The molecular formula is C18H20ClN5O2. The number of hydrogen-bond acceptors (Lipinski definition) is 5. The SMILES string of the molecule is O=CN1CCN(C(=O)c2ccc(NCCc3cccc(Cl)c3)nn2)CC1. The van der Waals surface area contributed by atoms with Crippen molar-refractivity contribution in [2.75, 3.05) is 38.0 Å². The summed E-state index contributed by atoms with van der Waals surface area (Å²) in [7, 11) is 0. The fourth-order valence-corrected chi connectivity index (χ4v) is 2.97. The van der Waals surface area contributed by atoms with Crippen molar-refractivity contribution in [1.82, 2.24) is 20.0 Å². The quantitative estimate of drug-likeness (QED) is 0.780. The summed E-state index contributed by atoms with van der Waals surface area (Å²) >= 11 is 5.97. The molecule has 0 spiro atoms. The summed E-state index contributed by atoms with van der Waals surface area (Å²) < 4.78 is 0. The van der Waals surface area contributed by atoms with Crippen LogP contribution in [0.25, 0.3) is 0 Å². The predicted octanol–water partition coefficient (Wildman–Crippen LogP) is 1.70. The zero-order chi connectivity index (χ0) is 18.4. The molecular weight excluding hydrogens is 354 g/mol. The molecule has 0 radical (unpaired) electrons. The second-order valence-electron chi connectivity index (χ2n) is 6.04. The van der Waals surface area contributed by atoms with Gasteiger partial charge in [-0.25, -0.2) is 0 Å². The number of carbonyl (C=O) groups excluding carboxylic acids is 2. The molecule has 2 aromatic rings. The summed E-state index contributed by atoms with van der Waals surface area (Å²) in [5.41, 5.74) is 1.45. The van der Waals surface area contributed by atoms with E-state index in [4.69, 9.17) is 11.6 Å². The number of piperazine rings is 1. The standard InChI is InChI=1S/C18H20ClN5O2/c19-15-3-1-2-14(12-15)6-7-20-17-5-4-16(21-22-17)18(26)24-10-8-23(13-25)9-11-24/h1-5,12-13H,6-11H2,(H,20,22). The van der Waals surface area contributed by atoms with Gasteiger partial charge in [0, 0.05) is 37.7 Å². The molecule has 1 aliphatic heterocycles. The minimum Gasteiger partial charge on any atom is -0.368 e. The van der Waals surface area contributed by atoms with Crippen LogP contribution in [0.1, 0.15) is 16.1 Å². The minimum atomic E-state index is -0.159. The van der Waals surface area contributed by atoms with Crippen molar-refractivity contribution >= 4 is 29.7 Å². The Hall–Kier alpha value is -2.67. The van der Waals surface area contributed by atoms with Gasteiger partial charge in [-0.2, -0.15) is 0 Å². The van der Waals surface area contributed by atoms with Gasteiger partial charge in [0.15, 0.2) is 5.69 Å². The monoisotopic (exact) mass is 373 g/mol. The highest BCUT2D eigenvalue weighted by Gasteiger charge is 2.22. The molecule has 1 aromatic heterocycles. The molecule has 1 aliphatic rings. The van der Waals surface area contributed by atoms with E-state index in [2.05, 4.69) is 15.5 Å². The summed E-state index contributed by atoms with van der Waals surface area (Å²) in [6, 6.07) is 11.1. The highest BCUT2D eigenvalue weighted by molar-refractivity contribution is 6.30. The smallest absolute Gasteiger partial charge is 0.274 e. The van der Waals surface area contributed by atoms with Crippen LogP contribution >= 0.6 is 11.6 Å². The third kappa shape index (κ3) is 4.70. The maximum atomic E-state index is 12.4. The van der Waals surface area contributed by atoms with Crippen LogP contribution in [0, 0.1) is 0 Å². The van der Waals surface area contributed by atoms with E-state index in [1.165, 1.54) is 0 Å². The van der Waals surface area contributed by atoms with Gasteiger partial charge in [-0.3, -0.25) is 9.59 Å². The Morgan fingerprint density at radius 3 is 2.62 bits per heavy atom. The molecule has 2 heterocycles. The molecule has 0 saturated carbocycles. The Morgan fingerprint density at radius 1 is 1.15 bits per heavy atom. The van der Waals surface area contributed by atoms with Gasteiger partial charge in [-0.1, -0.05) is 23.7 Å². The molecule has 1 fully saturated rings. The minimum absolute atomic E-state index is 0.159. The van der Waals surface area contributed by atoms with Gasteiger partial charge in [0.2, 0.25) is 6.41 Å². The van der Waals surface area contributed by atoms with Crippen molar-refractivity contribution in [3.05, 3.63) is 52.7 Å². The van der Waals surface area contributed by atoms with Crippen LogP contribution in [0.4, 0.5) is 5.82 Å². The molecule has 26 heavy (non-hydrogen) atoms. The van der Waals surface area contributed by atoms with Gasteiger partial charge >= 0.3 is 0 Å². The second-order valence-corrected chi connectivity index (χ2v) is 6.48. The average Bonchev–Trinajstić information content (AvgIpc) is 2.68. The van der Waals surface area contributed by atoms with E-state index < -0.39 is 0 Å². The molecule has 0 aliphatic carbocycles. The molecule has 3 rings (SSSR count).